The van der Waals surface area contributed by atoms with E-state index in [1.165, 1.54) is 24.3 Å². The van der Waals surface area contributed by atoms with Crippen molar-refractivity contribution in [2.75, 3.05) is 25.1 Å². The van der Waals surface area contributed by atoms with Crippen LogP contribution in [0.1, 0.15) is 22.3 Å². The number of fused-ring (bicyclic) bond motifs is 1. The Morgan fingerprint density at radius 3 is 2.53 bits per heavy atom. The van der Waals surface area contributed by atoms with E-state index >= 15 is 0 Å². The number of benzene rings is 2. The minimum absolute atomic E-state index is 0.0703. The number of hydrogen-bond donors (Lipinski definition) is 2. The number of ether oxygens (including phenoxy) is 2. The van der Waals surface area contributed by atoms with Gasteiger partial charge in [-0.2, -0.15) is 13.2 Å². The molecule has 9 heteroatoms. The highest BCUT2D eigenvalue weighted by atomic mass is 19.4. The van der Waals surface area contributed by atoms with Gasteiger partial charge in [0.05, 0.1) is 24.5 Å². The lowest BCUT2D eigenvalue weighted by molar-refractivity contribution is -0.123. The Labute approximate surface area is 170 Å². The van der Waals surface area contributed by atoms with Gasteiger partial charge in [-0.3, -0.25) is 9.59 Å². The van der Waals surface area contributed by atoms with Crippen LogP contribution in [0.5, 0.6) is 11.5 Å². The van der Waals surface area contributed by atoms with Crippen molar-refractivity contribution >= 4 is 23.6 Å². The van der Waals surface area contributed by atoms with Crippen LogP contribution < -0.4 is 20.1 Å². The van der Waals surface area contributed by atoms with Gasteiger partial charge >= 0.3 is 6.18 Å². The Balaban J connectivity index is 1.66. The summed E-state index contributed by atoms with van der Waals surface area (Å²) in [4.78, 5) is 24.3. The van der Waals surface area contributed by atoms with Crippen molar-refractivity contribution in [3.05, 3.63) is 59.7 Å². The zero-order valence-electron chi connectivity index (χ0n) is 15.8. The normalized spacial score (nSPS) is 13.6. The summed E-state index contributed by atoms with van der Waals surface area (Å²) in [6.07, 6.45) is -0.947. The first-order valence-corrected chi connectivity index (χ1v) is 9.14. The summed E-state index contributed by atoms with van der Waals surface area (Å²) in [6, 6.07) is 11.1. The largest absolute Gasteiger partial charge is 0.490 e. The second-order valence-corrected chi connectivity index (χ2v) is 6.42. The minimum atomic E-state index is -4.53. The van der Waals surface area contributed by atoms with E-state index in [4.69, 9.17) is 9.47 Å². The van der Waals surface area contributed by atoms with E-state index in [2.05, 4.69) is 5.32 Å². The monoisotopic (exact) mass is 420 g/mol. The van der Waals surface area contributed by atoms with Gasteiger partial charge < -0.3 is 20.1 Å². The third kappa shape index (κ3) is 6.00. The summed E-state index contributed by atoms with van der Waals surface area (Å²) >= 11 is 0. The molecule has 0 fully saturated rings. The topological polar surface area (TPSA) is 76.7 Å². The van der Waals surface area contributed by atoms with Crippen LogP contribution >= 0.6 is 0 Å². The van der Waals surface area contributed by atoms with Crippen LogP contribution in [-0.4, -0.2) is 37.7 Å². The van der Waals surface area contributed by atoms with Crippen LogP contribution in [0.2, 0.25) is 0 Å². The Hall–Kier alpha value is -3.49. The molecule has 2 aromatic rings. The molecule has 6 nitrogen and oxygen atoms in total. The Morgan fingerprint density at radius 1 is 1.03 bits per heavy atom. The van der Waals surface area contributed by atoms with Crippen LogP contribution in [0, 0.1) is 0 Å². The maximum absolute atomic E-state index is 12.3. The summed E-state index contributed by atoms with van der Waals surface area (Å²) in [5.41, 5.74) is 0.732. The van der Waals surface area contributed by atoms with Crippen molar-refractivity contribution in [3.63, 3.8) is 0 Å². The summed E-state index contributed by atoms with van der Waals surface area (Å²) in [5, 5.41) is 4.29. The second-order valence-electron chi connectivity index (χ2n) is 6.42. The van der Waals surface area contributed by atoms with Gasteiger partial charge in [0, 0.05) is 12.5 Å². The van der Waals surface area contributed by atoms with E-state index in [1.54, 1.807) is 35.7 Å². The Bertz CT molecular complexity index is 958. The molecule has 158 valence electrons. The van der Waals surface area contributed by atoms with Gasteiger partial charge in [-0.1, -0.05) is 18.2 Å². The third-order valence-corrected chi connectivity index (χ3v) is 4.08. The molecule has 2 N–H and O–H groups in total. The molecular weight excluding hydrogens is 401 g/mol. The van der Waals surface area contributed by atoms with Gasteiger partial charge in [0.1, 0.15) is 6.54 Å². The molecule has 0 saturated carbocycles. The molecule has 1 heterocycles. The average molecular weight is 420 g/mol. The highest BCUT2D eigenvalue weighted by molar-refractivity contribution is 6.07. The first-order valence-electron chi connectivity index (χ1n) is 9.14. The number of hydrogen-bond acceptors (Lipinski definition) is 4. The van der Waals surface area contributed by atoms with Crippen molar-refractivity contribution in [3.8, 4) is 11.5 Å². The lowest BCUT2D eigenvalue weighted by Gasteiger charge is -2.12. The van der Waals surface area contributed by atoms with Crippen LogP contribution in [0.4, 0.5) is 18.9 Å². The van der Waals surface area contributed by atoms with Crippen LogP contribution in [-0.2, 0) is 4.79 Å². The number of carbonyl (C=O) groups excluding carboxylic acids is 2. The molecule has 0 aliphatic carbocycles. The average Bonchev–Trinajstić information content (AvgIpc) is 2.95. The van der Waals surface area contributed by atoms with Gasteiger partial charge in [-0.15, -0.1) is 0 Å². The maximum Gasteiger partial charge on any atom is 0.405 e. The Kier molecular flexibility index (Phi) is 6.61. The molecule has 0 spiro atoms. The number of rotatable bonds is 5. The molecule has 0 atom stereocenters. The number of halogens is 3. The molecule has 0 saturated heterocycles. The predicted octanol–water partition coefficient (Wildman–Crippen LogP) is 3.79. The van der Waals surface area contributed by atoms with Gasteiger partial charge in [0.2, 0.25) is 5.91 Å². The highest BCUT2D eigenvalue weighted by Gasteiger charge is 2.28. The minimum Gasteiger partial charge on any atom is -0.490 e. The number of amides is 2. The SMILES string of the molecule is O=C(/C=C/c1ccc2c(c1)OCCCO2)Nc1ccccc1C(=O)NCC(F)(F)F. The van der Waals surface area contributed by atoms with Crippen molar-refractivity contribution in [1.29, 1.82) is 0 Å². The van der Waals surface area contributed by atoms with Gasteiger partial charge in [-0.25, -0.2) is 0 Å². The summed E-state index contributed by atoms with van der Waals surface area (Å²) in [5.74, 6) is -0.261. The molecular formula is C21H19F3N2O4. The molecule has 2 aromatic carbocycles. The number of anilines is 1. The molecule has 0 aromatic heterocycles. The van der Waals surface area contributed by atoms with Gasteiger partial charge in [0.15, 0.2) is 11.5 Å². The van der Waals surface area contributed by atoms with Crippen LogP contribution in [0.25, 0.3) is 6.08 Å². The molecule has 3 rings (SSSR count). The van der Waals surface area contributed by atoms with E-state index in [0.717, 1.165) is 6.42 Å². The second kappa shape index (κ2) is 9.34. The number of nitrogens with one attached hydrogen (secondary N) is 2. The van der Waals surface area contributed by atoms with E-state index in [1.807, 2.05) is 0 Å². The lowest BCUT2D eigenvalue weighted by atomic mass is 10.1. The van der Waals surface area contributed by atoms with Gasteiger partial charge in [0.25, 0.3) is 5.91 Å². The Morgan fingerprint density at radius 2 is 1.77 bits per heavy atom. The van der Waals surface area contributed by atoms with E-state index < -0.39 is 24.5 Å². The van der Waals surface area contributed by atoms with Crippen molar-refractivity contribution in [1.82, 2.24) is 5.32 Å². The first kappa shape index (κ1) is 21.2. The molecule has 2 amide bonds. The molecule has 0 bridgehead atoms. The first-order chi connectivity index (χ1) is 14.3. The van der Waals surface area contributed by atoms with Crippen LogP contribution in [0.15, 0.2) is 48.5 Å². The van der Waals surface area contributed by atoms with Gasteiger partial charge in [-0.05, 0) is 35.9 Å². The summed E-state index contributed by atoms with van der Waals surface area (Å²) in [6.45, 7) is -0.355. The van der Waals surface area contributed by atoms with E-state index in [-0.39, 0.29) is 11.3 Å². The number of para-hydroxylation sites is 1. The quantitative estimate of drug-likeness (QED) is 0.722. The van der Waals surface area contributed by atoms with Crippen molar-refractivity contribution < 1.29 is 32.2 Å². The molecule has 0 unspecified atom stereocenters. The van der Waals surface area contributed by atoms with Crippen molar-refractivity contribution in [2.45, 2.75) is 12.6 Å². The zero-order valence-corrected chi connectivity index (χ0v) is 15.8. The lowest BCUT2D eigenvalue weighted by Crippen LogP contribution is -2.34. The highest BCUT2D eigenvalue weighted by Crippen LogP contribution is 2.30. The van der Waals surface area contributed by atoms with Crippen molar-refractivity contribution in [2.24, 2.45) is 0 Å². The molecule has 1 aliphatic heterocycles. The maximum atomic E-state index is 12.3. The fourth-order valence-corrected chi connectivity index (χ4v) is 2.70. The zero-order chi connectivity index (χ0) is 21.6. The van der Waals surface area contributed by atoms with E-state index in [0.29, 0.717) is 30.3 Å². The standard InChI is InChI=1S/C21H19F3N2O4/c22-21(23,24)13-25-20(28)15-4-1-2-5-16(15)26-19(27)9-7-14-6-8-17-18(12-14)30-11-3-10-29-17/h1-2,4-9,12H,3,10-11,13H2,(H,25,28)(H,26,27)/b9-7+. The fraction of sp³-hybridized carbons (Fsp3) is 0.238. The number of alkyl halides is 3. The van der Waals surface area contributed by atoms with Crippen LogP contribution in [0.3, 0.4) is 0 Å². The summed E-state index contributed by atoms with van der Waals surface area (Å²) < 4.78 is 48.1. The molecule has 0 radical (unpaired) electrons. The predicted molar refractivity (Wildman–Crippen MR) is 105 cm³/mol. The summed E-state index contributed by atoms with van der Waals surface area (Å²) in [7, 11) is 0. The smallest absolute Gasteiger partial charge is 0.405 e. The molecule has 30 heavy (non-hydrogen) atoms. The fourth-order valence-electron chi connectivity index (χ4n) is 2.70. The third-order valence-electron chi connectivity index (χ3n) is 4.08. The van der Waals surface area contributed by atoms with E-state index in [9.17, 15) is 22.8 Å². The molecule has 1 aliphatic rings. The number of carbonyl (C=O) groups is 2.